The molecule has 0 aromatic rings. The van der Waals surface area contributed by atoms with Gasteiger partial charge >= 0.3 is 45.5 Å². The molecule has 7 heavy (non-hydrogen) atoms. The molecule has 0 amide bonds. The first-order chi connectivity index (χ1) is 2.56. The molecule has 0 saturated carbocycles. The van der Waals surface area contributed by atoms with Gasteiger partial charge in [-0.3, -0.25) is 4.55 Å². The summed E-state index contributed by atoms with van der Waals surface area (Å²) in [6.45, 7) is 0. The van der Waals surface area contributed by atoms with Gasteiger partial charge in [-0.2, -0.15) is 8.42 Å². The number of aliphatic hydroxyl groups is 1. The molecule has 6 heteroatoms. The fourth-order valence-corrected chi connectivity index (χ4v) is 0. The first-order valence-electron chi connectivity index (χ1n) is 1.12. The van der Waals surface area contributed by atoms with E-state index in [-0.39, 0.29) is 45.5 Å². The summed E-state index contributed by atoms with van der Waals surface area (Å²) in [6.07, 6.45) is 0. The van der Waals surface area contributed by atoms with E-state index in [9.17, 15) is 8.42 Å². The van der Waals surface area contributed by atoms with Crippen LogP contribution in [-0.2, 0) is 10.1 Å². The Morgan fingerprint density at radius 1 is 1.43 bits per heavy atom. The van der Waals surface area contributed by atoms with Gasteiger partial charge in [0.1, 0.15) is 0 Å². The first kappa shape index (κ1) is 11.2. The molecule has 0 aliphatic heterocycles. The van der Waals surface area contributed by atoms with Crippen LogP contribution < -0.4 is 0 Å². The summed E-state index contributed by atoms with van der Waals surface area (Å²) in [7, 11) is -4.11. The first-order valence-corrected chi connectivity index (χ1v) is 2.73. The van der Waals surface area contributed by atoms with Gasteiger partial charge in [0.15, 0.2) is 5.94 Å². The molecule has 4 nitrogen and oxygen atoms in total. The summed E-state index contributed by atoms with van der Waals surface area (Å²) < 4.78 is 26.2. The predicted molar refractivity (Wildman–Crippen MR) is 27.2 cm³/mol. The van der Waals surface area contributed by atoms with Gasteiger partial charge in [-0.05, 0) is 0 Å². The van der Waals surface area contributed by atoms with Gasteiger partial charge in [0.05, 0.1) is 0 Å². The third kappa shape index (κ3) is 11.1. The second kappa shape index (κ2) is 4.25. The van der Waals surface area contributed by atoms with Crippen LogP contribution in [0.15, 0.2) is 0 Å². The molecule has 0 bridgehead atoms. The summed E-state index contributed by atoms with van der Waals surface area (Å²) in [5, 5.41) is 7.56. The molecule has 0 unspecified atom stereocenters. The molecule has 0 aromatic carbocycles. The number of rotatable bonds is 1. The van der Waals surface area contributed by atoms with E-state index in [2.05, 4.69) is 0 Å². The normalized spacial score (nSPS) is 10.0. The van der Waals surface area contributed by atoms with Crippen molar-refractivity contribution in [2.75, 3.05) is 5.94 Å². The Hall–Kier alpha value is 1.35. The minimum absolute atomic E-state index is 0. The summed E-state index contributed by atoms with van der Waals surface area (Å²) in [4.78, 5) is 0. The van der Waals surface area contributed by atoms with Gasteiger partial charge in [0.25, 0.3) is 10.1 Å². The van der Waals surface area contributed by atoms with Crippen LogP contribution in [0.4, 0.5) is 0 Å². The van der Waals surface area contributed by atoms with E-state index in [4.69, 9.17) is 9.66 Å². The van der Waals surface area contributed by atoms with Crippen molar-refractivity contribution in [3.8, 4) is 0 Å². The second-order valence-electron chi connectivity index (χ2n) is 0.711. The van der Waals surface area contributed by atoms with Crippen molar-refractivity contribution in [1.82, 2.24) is 0 Å². The monoisotopic (exact) mass is 202 g/mol. The second-order valence-corrected chi connectivity index (χ2v) is 2.13. The van der Waals surface area contributed by atoms with E-state index < -0.39 is 16.1 Å². The van der Waals surface area contributed by atoms with Gasteiger partial charge in [-0.25, -0.2) is 0 Å². The number of hydrogen-bond donors (Lipinski definition) is 2. The van der Waals surface area contributed by atoms with Crippen LogP contribution in [0.3, 0.4) is 0 Å². The van der Waals surface area contributed by atoms with E-state index in [1.807, 2.05) is 0 Å². The summed E-state index contributed by atoms with van der Waals surface area (Å²) in [5.74, 6) is -1.20. The molecule has 2 N–H and O–H groups in total. The Bertz CT molecular complexity index is 114. The van der Waals surface area contributed by atoms with E-state index in [1.54, 1.807) is 0 Å². The van der Waals surface area contributed by atoms with Crippen LogP contribution in [-0.4, -0.2) is 69.5 Å². The summed E-state index contributed by atoms with van der Waals surface area (Å²) in [6, 6.07) is 0. The molecule has 0 spiro atoms. The maximum absolute atomic E-state index is 9.31. The fraction of sp³-hybridized carbons (Fsp3) is 1.00. The Morgan fingerprint density at radius 2 is 1.57 bits per heavy atom. The Kier molecular flexibility index (Phi) is 6.79. The van der Waals surface area contributed by atoms with Crippen LogP contribution >= 0.6 is 0 Å². The zero-order valence-corrected chi connectivity index (χ0v) is 3.64. The molecule has 0 aliphatic carbocycles. The molecule has 0 aromatic heterocycles. The van der Waals surface area contributed by atoms with Crippen molar-refractivity contribution >= 4 is 55.6 Å². The standard InChI is InChI=1S/CH4O4S.Sr.2H/c2-1-6(3,4)5;;;/h2H,1H2,(H,3,4,5);;;. The number of hydrogen-bond acceptors (Lipinski definition) is 3. The van der Waals surface area contributed by atoms with Crippen molar-refractivity contribution in [1.29, 1.82) is 0 Å². The topological polar surface area (TPSA) is 74.6 Å². The van der Waals surface area contributed by atoms with Crippen LogP contribution in [0.5, 0.6) is 0 Å². The minimum atomic E-state index is -4.11. The summed E-state index contributed by atoms with van der Waals surface area (Å²) >= 11 is 0. The van der Waals surface area contributed by atoms with Crippen LogP contribution in [0.1, 0.15) is 0 Å². The van der Waals surface area contributed by atoms with E-state index in [0.717, 1.165) is 0 Å². The Morgan fingerprint density at radius 3 is 1.57 bits per heavy atom. The van der Waals surface area contributed by atoms with E-state index >= 15 is 0 Å². The van der Waals surface area contributed by atoms with E-state index in [0.29, 0.717) is 0 Å². The van der Waals surface area contributed by atoms with Gasteiger partial charge < -0.3 is 5.11 Å². The van der Waals surface area contributed by atoms with Crippen molar-refractivity contribution in [3.05, 3.63) is 0 Å². The molecular formula is CH6O4SSr. The molecule has 0 rings (SSSR count). The van der Waals surface area contributed by atoms with Gasteiger partial charge in [0.2, 0.25) is 0 Å². The van der Waals surface area contributed by atoms with Crippen molar-refractivity contribution in [2.45, 2.75) is 0 Å². The molecule has 42 valence electrons. The van der Waals surface area contributed by atoms with Gasteiger partial charge in [-0.1, -0.05) is 0 Å². The van der Waals surface area contributed by atoms with Crippen molar-refractivity contribution in [3.63, 3.8) is 0 Å². The SMILES string of the molecule is O=S(=O)(O)CO.[SrH2]. The third-order valence-corrected chi connectivity index (χ3v) is 0.489. The molecule has 0 fully saturated rings. The quantitative estimate of drug-likeness (QED) is 0.377. The molecule has 0 saturated heterocycles. The van der Waals surface area contributed by atoms with Gasteiger partial charge in [0, 0.05) is 0 Å². The van der Waals surface area contributed by atoms with Crippen molar-refractivity contribution < 1.29 is 18.1 Å². The molecular weight excluding hydrogens is 196 g/mol. The average molecular weight is 202 g/mol. The van der Waals surface area contributed by atoms with Gasteiger partial charge in [-0.15, -0.1) is 0 Å². The van der Waals surface area contributed by atoms with Crippen LogP contribution in [0, 0.1) is 0 Å². The average Bonchev–Trinajstić information content (AvgIpc) is 1.35. The van der Waals surface area contributed by atoms with Crippen LogP contribution in [0.2, 0.25) is 0 Å². The fourth-order valence-electron chi connectivity index (χ4n) is 0. The predicted octanol–water partition coefficient (Wildman–Crippen LogP) is -2.09. The molecule has 0 heterocycles. The number of aliphatic hydroxyl groups excluding tert-OH is 1. The Balaban J connectivity index is 0. The molecule has 0 atom stereocenters. The zero-order valence-electron chi connectivity index (χ0n) is 2.83. The third-order valence-electron chi connectivity index (χ3n) is 0.163. The molecule has 0 radical (unpaired) electrons. The Labute approximate surface area is 78.6 Å². The maximum atomic E-state index is 9.31. The molecule has 0 aliphatic rings. The zero-order chi connectivity index (χ0) is 5.21. The van der Waals surface area contributed by atoms with Crippen LogP contribution in [0.25, 0.3) is 0 Å². The summed E-state index contributed by atoms with van der Waals surface area (Å²) in [5.41, 5.74) is 0. The van der Waals surface area contributed by atoms with Crippen molar-refractivity contribution in [2.24, 2.45) is 0 Å². The van der Waals surface area contributed by atoms with E-state index in [1.165, 1.54) is 0 Å².